The van der Waals surface area contributed by atoms with Crippen molar-refractivity contribution in [3.8, 4) is 0 Å². The third kappa shape index (κ3) is 1.78. The van der Waals surface area contributed by atoms with Gasteiger partial charge in [0.25, 0.3) is 5.22 Å². The predicted octanol–water partition coefficient (Wildman–Crippen LogP) is 1.68. The minimum absolute atomic E-state index is 0.159. The molecule has 1 aromatic carbocycles. The molecule has 1 fully saturated rings. The van der Waals surface area contributed by atoms with Crippen molar-refractivity contribution in [2.45, 2.75) is 16.9 Å². The summed E-state index contributed by atoms with van der Waals surface area (Å²) in [4.78, 5) is 28.6. The highest BCUT2D eigenvalue weighted by atomic mass is 32.2. The number of para-hydroxylation sites is 2. The number of benzene rings is 1. The second-order valence-electron chi connectivity index (χ2n) is 4.05. The first-order valence-electron chi connectivity index (χ1n) is 5.48. The number of amides is 2. The minimum atomic E-state index is -0.421. The normalized spacial score (nSPS) is 20.1. The molecule has 1 saturated heterocycles. The first-order valence-corrected chi connectivity index (χ1v) is 6.36. The molecule has 0 aliphatic carbocycles. The topological polar surface area (TPSA) is 63.4 Å². The molecule has 0 N–H and O–H groups in total. The number of carbonyl (C=O) groups excluding carboxylic acids is 2. The van der Waals surface area contributed by atoms with E-state index < -0.39 is 5.25 Å². The van der Waals surface area contributed by atoms with Crippen LogP contribution in [0.3, 0.4) is 0 Å². The second-order valence-corrected chi connectivity index (χ2v) is 5.20. The van der Waals surface area contributed by atoms with E-state index in [1.165, 1.54) is 18.8 Å². The second kappa shape index (κ2) is 4.13. The van der Waals surface area contributed by atoms with Crippen molar-refractivity contribution in [3.05, 3.63) is 24.3 Å². The van der Waals surface area contributed by atoms with Crippen LogP contribution in [-0.2, 0) is 9.59 Å². The summed E-state index contributed by atoms with van der Waals surface area (Å²) in [7, 11) is 1.50. The van der Waals surface area contributed by atoms with Crippen molar-refractivity contribution in [2.75, 3.05) is 7.05 Å². The Labute approximate surface area is 107 Å². The van der Waals surface area contributed by atoms with Gasteiger partial charge < -0.3 is 4.42 Å². The molecule has 3 rings (SSSR count). The Morgan fingerprint density at radius 3 is 2.83 bits per heavy atom. The van der Waals surface area contributed by atoms with E-state index in [2.05, 4.69) is 4.98 Å². The van der Waals surface area contributed by atoms with Crippen molar-refractivity contribution in [3.63, 3.8) is 0 Å². The Balaban J connectivity index is 1.85. The summed E-state index contributed by atoms with van der Waals surface area (Å²) in [6.45, 7) is 0. The van der Waals surface area contributed by atoms with Crippen LogP contribution in [0.4, 0.5) is 0 Å². The monoisotopic (exact) mass is 262 g/mol. The molecule has 2 heterocycles. The summed E-state index contributed by atoms with van der Waals surface area (Å²) >= 11 is 1.20. The summed E-state index contributed by atoms with van der Waals surface area (Å²) < 4.78 is 5.52. The highest BCUT2D eigenvalue weighted by molar-refractivity contribution is 8.00. The number of hydrogen-bond donors (Lipinski definition) is 0. The molecule has 1 atom stereocenters. The van der Waals surface area contributed by atoms with E-state index in [9.17, 15) is 9.59 Å². The fraction of sp³-hybridized carbons (Fsp3) is 0.250. The Morgan fingerprint density at radius 2 is 2.17 bits per heavy atom. The lowest BCUT2D eigenvalue weighted by Gasteiger charge is -2.05. The first kappa shape index (κ1) is 11.3. The number of nitrogens with zero attached hydrogens (tertiary/aromatic N) is 2. The Kier molecular flexibility index (Phi) is 2.59. The van der Waals surface area contributed by atoms with Crippen molar-refractivity contribution in [1.29, 1.82) is 0 Å². The fourth-order valence-electron chi connectivity index (χ4n) is 1.84. The molecule has 1 aromatic heterocycles. The number of imide groups is 1. The van der Waals surface area contributed by atoms with Gasteiger partial charge in [0.15, 0.2) is 5.58 Å². The van der Waals surface area contributed by atoms with Gasteiger partial charge in [-0.15, -0.1) is 0 Å². The molecule has 1 unspecified atom stereocenters. The number of oxazole rings is 1. The van der Waals surface area contributed by atoms with E-state index in [0.29, 0.717) is 10.8 Å². The van der Waals surface area contributed by atoms with Crippen molar-refractivity contribution < 1.29 is 14.0 Å². The van der Waals surface area contributed by atoms with Crippen LogP contribution in [0, 0.1) is 0 Å². The van der Waals surface area contributed by atoms with Crippen molar-refractivity contribution in [1.82, 2.24) is 9.88 Å². The van der Waals surface area contributed by atoms with Gasteiger partial charge in [-0.05, 0) is 12.1 Å². The lowest BCUT2D eigenvalue weighted by Crippen LogP contribution is -2.26. The summed E-state index contributed by atoms with van der Waals surface area (Å²) in [6.07, 6.45) is 0.207. The molecule has 0 bridgehead atoms. The molecule has 0 radical (unpaired) electrons. The predicted molar refractivity (Wildman–Crippen MR) is 66.0 cm³/mol. The zero-order chi connectivity index (χ0) is 12.7. The highest BCUT2D eigenvalue weighted by Gasteiger charge is 2.37. The number of thioether (sulfide) groups is 1. The van der Waals surface area contributed by atoms with Crippen LogP contribution >= 0.6 is 11.8 Å². The van der Waals surface area contributed by atoms with Gasteiger partial charge in [0.1, 0.15) is 10.8 Å². The van der Waals surface area contributed by atoms with Crippen LogP contribution < -0.4 is 0 Å². The van der Waals surface area contributed by atoms with Gasteiger partial charge in [-0.1, -0.05) is 23.9 Å². The number of fused-ring (bicyclic) bond motifs is 1. The standard InChI is InChI=1S/C12H10N2O3S/c1-14-10(15)6-9(11(14)16)18-12-13-7-4-2-3-5-8(7)17-12/h2-5,9H,6H2,1H3. The van der Waals surface area contributed by atoms with Gasteiger partial charge in [0, 0.05) is 13.5 Å². The fourth-order valence-corrected chi connectivity index (χ4v) is 2.85. The molecule has 6 heteroatoms. The van der Waals surface area contributed by atoms with Crippen LogP contribution in [-0.4, -0.2) is 34.0 Å². The quantitative estimate of drug-likeness (QED) is 0.770. The Bertz CT molecular complexity index is 604. The molecule has 1 aliphatic heterocycles. The summed E-state index contributed by atoms with van der Waals surface area (Å²) in [5.41, 5.74) is 1.44. The number of aromatic nitrogens is 1. The molecule has 2 aromatic rings. The van der Waals surface area contributed by atoms with Crippen LogP contribution in [0.15, 0.2) is 33.9 Å². The molecule has 2 amide bonds. The maximum absolute atomic E-state index is 11.8. The number of likely N-dealkylation sites (tertiary alicyclic amines) is 1. The maximum Gasteiger partial charge on any atom is 0.257 e. The Morgan fingerprint density at radius 1 is 1.39 bits per heavy atom. The van der Waals surface area contributed by atoms with Gasteiger partial charge in [0.2, 0.25) is 11.8 Å². The van der Waals surface area contributed by atoms with E-state index in [-0.39, 0.29) is 18.2 Å². The van der Waals surface area contributed by atoms with E-state index in [1.54, 1.807) is 0 Å². The third-order valence-corrected chi connectivity index (χ3v) is 3.89. The van der Waals surface area contributed by atoms with Crippen LogP contribution in [0.1, 0.15) is 6.42 Å². The summed E-state index contributed by atoms with van der Waals surface area (Å²) in [5, 5.41) is 0.00760. The van der Waals surface area contributed by atoms with Crippen molar-refractivity contribution in [2.24, 2.45) is 0 Å². The van der Waals surface area contributed by atoms with Gasteiger partial charge in [-0.25, -0.2) is 4.98 Å². The minimum Gasteiger partial charge on any atom is -0.431 e. The highest BCUT2D eigenvalue weighted by Crippen LogP contribution is 2.32. The molecular weight excluding hydrogens is 252 g/mol. The lowest BCUT2D eigenvalue weighted by molar-refractivity contribution is -0.136. The summed E-state index contributed by atoms with van der Waals surface area (Å²) in [6, 6.07) is 7.40. The third-order valence-electron chi connectivity index (χ3n) is 2.86. The maximum atomic E-state index is 11.8. The number of carbonyl (C=O) groups is 2. The van der Waals surface area contributed by atoms with Crippen molar-refractivity contribution >= 4 is 34.7 Å². The average molecular weight is 262 g/mol. The molecule has 5 nitrogen and oxygen atoms in total. The molecule has 0 spiro atoms. The Hall–Kier alpha value is -1.82. The number of hydrogen-bond acceptors (Lipinski definition) is 5. The average Bonchev–Trinajstić information content (AvgIpc) is 2.87. The zero-order valence-electron chi connectivity index (χ0n) is 9.62. The van der Waals surface area contributed by atoms with E-state index >= 15 is 0 Å². The van der Waals surface area contributed by atoms with Gasteiger partial charge in [-0.3, -0.25) is 14.5 Å². The molecule has 18 heavy (non-hydrogen) atoms. The lowest BCUT2D eigenvalue weighted by atomic mass is 10.3. The summed E-state index contributed by atoms with van der Waals surface area (Å²) in [5.74, 6) is -0.346. The molecule has 0 saturated carbocycles. The van der Waals surface area contributed by atoms with Crippen LogP contribution in [0.25, 0.3) is 11.1 Å². The smallest absolute Gasteiger partial charge is 0.257 e. The van der Waals surface area contributed by atoms with E-state index in [4.69, 9.17) is 4.42 Å². The largest absolute Gasteiger partial charge is 0.431 e. The molecule has 92 valence electrons. The van der Waals surface area contributed by atoms with Gasteiger partial charge >= 0.3 is 0 Å². The van der Waals surface area contributed by atoms with Gasteiger partial charge in [-0.2, -0.15) is 0 Å². The number of rotatable bonds is 2. The van der Waals surface area contributed by atoms with E-state index in [1.807, 2.05) is 24.3 Å². The van der Waals surface area contributed by atoms with Crippen LogP contribution in [0.5, 0.6) is 0 Å². The van der Waals surface area contributed by atoms with Gasteiger partial charge in [0.05, 0.1) is 0 Å². The zero-order valence-corrected chi connectivity index (χ0v) is 10.4. The van der Waals surface area contributed by atoms with Crippen LogP contribution in [0.2, 0.25) is 0 Å². The molecule has 1 aliphatic rings. The first-order chi connectivity index (χ1) is 8.65. The molecular formula is C12H10N2O3S. The van der Waals surface area contributed by atoms with E-state index in [0.717, 1.165) is 10.4 Å². The SMILES string of the molecule is CN1C(=O)CC(Sc2nc3ccccc3o2)C1=O.